The van der Waals surface area contributed by atoms with E-state index in [1.807, 2.05) is 59.6 Å². The Kier molecular flexibility index (Phi) is 7.01. The number of fused-ring (bicyclic) bond motifs is 1. The zero-order chi connectivity index (χ0) is 26.9. The minimum absolute atomic E-state index is 0.00194. The fourth-order valence-electron chi connectivity index (χ4n) is 5.67. The summed E-state index contributed by atoms with van der Waals surface area (Å²) in [5.41, 5.74) is 5.21. The van der Waals surface area contributed by atoms with Gasteiger partial charge in [0.25, 0.3) is 11.8 Å². The number of H-pyrrole nitrogens is 1. The second-order valence-corrected chi connectivity index (χ2v) is 11.6. The molecule has 4 aromatic rings. The van der Waals surface area contributed by atoms with Crippen molar-refractivity contribution in [3.63, 3.8) is 0 Å². The van der Waals surface area contributed by atoms with Crippen molar-refractivity contribution in [3.8, 4) is 11.1 Å². The first kappa shape index (κ1) is 25.5. The lowest BCUT2D eigenvalue weighted by Crippen LogP contribution is -2.32. The number of likely N-dealkylation sites (tertiary alicyclic amines) is 1. The van der Waals surface area contributed by atoms with Crippen molar-refractivity contribution >= 4 is 28.3 Å². The predicted molar refractivity (Wildman–Crippen MR) is 153 cm³/mol. The molecule has 2 aliphatic rings. The van der Waals surface area contributed by atoms with Gasteiger partial charge in [0.2, 0.25) is 0 Å². The molecule has 0 bridgehead atoms. The number of aromatic nitrogens is 3. The second kappa shape index (κ2) is 10.7. The Bertz CT molecular complexity index is 1490. The molecule has 39 heavy (non-hydrogen) atoms. The van der Waals surface area contributed by atoms with Crippen LogP contribution in [0.15, 0.2) is 60.9 Å². The van der Waals surface area contributed by atoms with Gasteiger partial charge >= 0.3 is 0 Å². The van der Waals surface area contributed by atoms with E-state index in [9.17, 15) is 9.59 Å². The molecule has 1 aliphatic carbocycles. The first-order valence-corrected chi connectivity index (χ1v) is 14.2. The molecule has 0 spiro atoms. The summed E-state index contributed by atoms with van der Waals surface area (Å²) in [7, 11) is 4.23. The van der Waals surface area contributed by atoms with Gasteiger partial charge in [-0.15, -0.1) is 11.3 Å². The highest BCUT2D eigenvalue weighted by molar-refractivity contribution is 7.15. The average molecular weight is 541 g/mol. The maximum absolute atomic E-state index is 13.6. The molecule has 200 valence electrons. The van der Waals surface area contributed by atoms with Crippen LogP contribution in [0.25, 0.3) is 11.1 Å². The van der Waals surface area contributed by atoms with Gasteiger partial charge in [0.05, 0.1) is 17.9 Å². The molecule has 6 rings (SSSR count). The van der Waals surface area contributed by atoms with Crippen molar-refractivity contribution in [2.75, 3.05) is 26.0 Å². The topological polar surface area (TPSA) is 94.2 Å². The minimum Gasteiger partial charge on any atom is -0.332 e. The Morgan fingerprint density at radius 2 is 1.92 bits per heavy atom. The lowest BCUT2D eigenvalue weighted by molar-refractivity contribution is 0.0735. The quantitative estimate of drug-likeness (QED) is 0.351. The Hall–Kier alpha value is -3.82. The van der Waals surface area contributed by atoms with E-state index >= 15 is 0 Å². The summed E-state index contributed by atoms with van der Waals surface area (Å²) < 4.78 is 0. The summed E-state index contributed by atoms with van der Waals surface area (Å²) in [4.78, 5) is 37.0. The van der Waals surface area contributed by atoms with Crippen LogP contribution < -0.4 is 5.32 Å². The van der Waals surface area contributed by atoms with E-state index in [1.165, 1.54) is 4.88 Å². The second-order valence-electron chi connectivity index (χ2n) is 10.6. The van der Waals surface area contributed by atoms with Crippen molar-refractivity contribution in [2.45, 2.75) is 44.2 Å². The van der Waals surface area contributed by atoms with Crippen LogP contribution in [0.4, 0.5) is 5.13 Å². The zero-order valence-electron chi connectivity index (χ0n) is 22.2. The summed E-state index contributed by atoms with van der Waals surface area (Å²) >= 11 is 1.58. The highest BCUT2D eigenvalue weighted by Crippen LogP contribution is 2.35. The van der Waals surface area contributed by atoms with E-state index in [-0.39, 0.29) is 17.9 Å². The Morgan fingerprint density at radius 3 is 2.74 bits per heavy atom. The third-order valence-corrected chi connectivity index (χ3v) is 8.89. The molecular formula is C30H32N6O2S. The number of carbonyl (C=O) groups excluding carboxylic acids is 2. The molecule has 8 nitrogen and oxygen atoms in total. The van der Waals surface area contributed by atoms with Crippen LogP contribution in [0.5, 0.6) is 0 Å². The summed E-state index contributed by atoms with van der Waals surface area (Å²) in [5.74, 6) is -0.169. The average Bonchev–Trinajstić information content (AvgIpc) is 3.73. The van der Waals surface area contributed by atoms with Gasteiger partial charge in [0.15, 0.2) is 5.13 Å². The maximum atomic E-state index is 13.6. The highest BCUT2D eigenvalue weighted by Gasteiger charge is 2.31. The molecule has 2 aromatic carbocycles. The van der Waals surface area contributed by atoms with Crippen LogP contribution in [0.1, 0.15) is 62.2 Å². The summed E-state index contributed by atoms with van der Waals surface area (Å²) in [6.07, 6.45) is 8.36. The number of benzene rings is 2. The number of nitrogens with one attached hydrogen (secondary N) is 2. The number of hydrogen-bond donors (Lipinski definition) is 2. The van der Waals surface area contributed by atoms with Crippen molar-refractivity contribution in [2.24, 2.45) is 0 Å². The first-order valence-electron chi connectivity index (χ1n) is 13.4. The van der Waals surface area contributed by atoms with E-state index in [4.69, 9.17) is 4.98 Å². The van der Waals surface area contributed by atoms with E-state index < -0.39 is 0 Å². The van der Waals surface area contributed by atoms with Gasteiger partial charge in [0, 0.05) is 40.4 Å². The molecule has 0 unspecified atom stereocenters. The number of carbonyl (C=O) groups is 2. The molecule has 0 radical (unpaired) electrons. The number of aryl methyl sites for hydroxylation is 1. The largest absolute Gasteiger partial charge is 0.332 e. The van der Waals surface area contributed by atoms with Gasteiger partial charge in [-0.1, -0.05) is 24.3 Å². The van der Waals surface area contributed by atoms with Gasteiger partial charge in [0.1, 0.15) is 0 Å². The van der Waals surface area contributed by atoms with Gasteiger partial charge < -0.3 is 9.80 Å². The molecule has 2 N–H and O–H groups in total. The number of hydrogen-bond acceptors (Lipinski definition) is 6. The first-order chi connectivity index (χ1) is 19.0. The lowest BCUT2D eigenvalue weighted by Gasteiger charge is -2.27. The minimum atomic E-state index is -0.171. The number of aromatic amines is 1. The zero-order valence-corrected chi connectivity index (χ0v) is 23.0. The van der Waals surface area contributed by atoms with E-state index in [0.29, 0.717) is 28.8 Å². The van der Waals surface area contributed by atoms with Crippen LogP contribution in [-0.2, 0) is 12.8 Å². The summed E-state index contributed by atoms with van der Waals surface area (Å²) in [5, 5.41) is 10.5. The predicted octanol–water partition coefficient (Wildman–Crippen LogP) is 5.18. The fourth-order valence-corrected chi connectivity index (χ4v) is 6.75. The number of likely N-dealkylation sites (N-methyl/N-ethyl adjacent to an activating group) is 1. The monoisotopic (exact) mass is 540 g/mol. The van der Waals surface area contributed by atoms with Crippen molar-refractivity contribution in [3.05, 3.63) is 88.2 Å². The molecule has 1 saturated heterocycles. The van der Waals surface area contributed by atoms with Crippen LogP contribution in [0, 0.1) is 0 Å². The summed E-state index contributed by atoms with van der Waals surface area (Å²) in [6.45, 7) is 0.689. The van der Waals surface area contributed by atoms with Gasteiger partial charge in [-0.2, -0.15) is 5.10 Å². The Morgan fingerprint density at radius 1 is 1.08 bits per heavy atom. The molecule has 2 aromatic heterocycles. The summed E-state index contributed by atoms with van der Waals surface area (Å²) in [6, 6.07) is 15.8. The number of rotatable bonds is 6. The standard InChI is InChI=1S/C30H32N6O2S/c1-35(2)24-11-12-25-27(16-24)39-30(33-25)34-28(37)21-8-4-7-20(15-21)26-10-5-13-36(26)29(38)22-9-3-6-19(14-22)23-17-31-32-18-23/h3-4,6-9,14-15,17-18,24,26H,5,10-13,16H2,1-2H3,(H,31,32)(H,33,34,37)/t24-,26+/m0/s1. The Labute approximate surface area is 232 Å². The fraction of sp³-hybridized carbons (Fsp3) is 0.333. The van der Waals surface area contributed by atoms with Crippen LogP contribution in [-0.4, -0.2) is 63.5 Å². The van der Waals surface area contributed by atoms with Gasteiger partial charge in [-0.3, -0.25) is 20.0 Å². The van der Waals surface area contributed by atoms with Crippen molar-refractivity contribution in [1.29, 1.82) is 0 Å². The number of thiazole rings is 1. The molecular weight excluding hydrogens is 508 g/mol. The number of anilines is 1. The van der Waals surface area contributed by atoms with Gasteiger partial charge in [-0.25, -0.2) is 4.98 Å². The highest BCUT2D eigenvalue weighted by atomic mass is 32.1. The maximum Gasteiger partial charge on any atom is 0.257 e. The van der Waals surface area contributed by atoms with Crippen LogP contribution in [0.2, 0.25) is 0 Å². The Balaban J connectivity index is 1.17. The normalized spacial score (nSPS) is 18.8. The van der Waals surface area contributed by atoms with Crippen LogP contribution >= 0.6 is 11.3 Å². The van der Waals surface area contributed by atoms with Crippen LogP contribution in [0.3, 0.4) is 0 Å². The molecule has 9 heteroatoms. The molecule has 1 aliphatic heterocycles. The smallest absolute Gasteiger partial charge is 0.257 e. The molecule has 1 fully saturated rings. The molecule has 0 saturated carbocycles. The number of amides is 2. The van der Waals surface area contributed by atoms with Gasteiger partial charge in [-0.05, 0) is 81.6 Å². The van der Waals surface area contributed by atoms with E-state index in [0.717, 1.165) is 54.5 Å². The third kappa shape index (κ3) is 5.24. The lowest BCUT2D eigenvalue weighted by atomic mass is 9.97. The third-order valence-electron chi connectivity index (χ3n) is 7.85. The number of nitrogens with zero attached hydrogens (tertiary/aromatic N) is 4. The van der Waals surface area contributed by atoms with Crippen molar-refractivity contribution in [1.82, 2.24) is 25.0 Å². The molecule has 3 heterocycles. The van der Waals surface area contributed by atoms with E-state index in [2.05, 4.69) is 34.5 Å². The van der Waals surface area contributed by atoms with Crippen molar-refractivity contribution < 1.29 is 9.59 Å². The molecule has 2 amide bonds. The molecule has 2 atom stereocenters. The SMILES string of the molecule is CN(C)[C@H]1CCc2nc(NC(=O)c3cccc([C@H]4CCCN4C(=O)c4cccc(-c5cn[nH]c5)c4)c3)sc2C1. The van der Waals surface area contributed by atoms with E-state index in [1.54, 1.807) is 17.5 Å².